The highest BCUT2D eigenvalue weighted by atomic mass is 35.5. The average Bonchev–Trinajstić information content (AvgIpc) is 2.39. The molecule has 0 aliphatic rings. The molecule has 1 unspecified atom stereocenters. The van der Waals surface area contributed by atoms with E-state index in [9.17, 15) is 14.4 Å². The van der Waals surface area contributed by atoms with Gasteiger partial charge in [-0.15, -0.1) is 0 Å². The molecule has 0 aliphatic heterocycles. The standard InChI is InChI=1S/C12H13ClN2O6/c1-21-6-2-3-7(13)8(4-6)14-12(20)15-9(11(18)19)5-10(16)17/h2-4,9H,5H2,1H3,(H,16,17)(H,18,19)(H2,14,15,20). The quantitative estimate of drug-likeness (QED) is 0.628. The average molecular weight is 317 g/mol. The number of anilines is 1. The lowest BCUT2D eigenvalue weighted by atomic mass is 10.2. The van der Waals surface area contributed by atoms with Crippen molar-refractivity contribution in [3.63, 3.8) is 0 Å². The number of nitrogens with one attached hydrogen (secondary N) is 2. The third-order valence-electron chi connectivity index (χ3n) is 2.40. The number of ether oxygens (including phenoxy) is 1. The van der Waals surface area contributed by atoms with Gasteiger partial charge in [-0.2, -0.15) is 0 Å². The number of benzene rings is 1. The van der Waals surface area contributed by atoms with Crippen LogP contribution in [0, 0.1) is 0 Å². The second-order valence-electron chi connectivity index (χ2n) is 3.93. The molecule has 0 radical (unpaired) electrons. The fraction of sp³-hybridized carbons (Fsp3) is 0.250. The third kappa shape index (κ3) is 5.19. The summed E-state index contributed by atoms with van der Waals surface area (Å²) in [5.74, 6) is -2.36. The van der Waals surface area contributed by atoms with E-state index >= 15 is 0 Å². The Morgan fingerprint density at radius 3 is 2.52 bits per heavy atom. The summed E-state index contributed by atoms with van der Waals surface area (Å²) in [6, 6.07) is 2.07. The first kappa shape index (κ1) is 16.6. The Bertz CT molecular complexity index is 563. The maximum atomic E-state index is 11.7. The zero-order valence-electron chi connectivity index (χ0n) is 10.9. The van der Waals surface area contributed by atoms with Crippen LogP contribution in [-0.2, 0) is 9.59 Å². The van der Waals surface area contributed by atoms with Crippen LogP contribution in [-0.4, -0.2) is 41.3 Å². The smallest absolute Gasteiger partial charge is 0.326 e. The first-order valence-corrected chi connectivity index (χ1v) is 6.07. The van der Waals surface area contributed by atoms with Gasteiger partial charge in [0.2, 0.25) is 0 Å². The third-order valence-corrected chi connectivity index (χ3v) is 2.73. The van der Waals surface area contributed by atoms with Crippen molar-refractivity contribution in [2.45, 2.75) is 12.5 Å². The van der Waals surface area contributed by atoms with E-state index in [4.69, 9.17) is 26.6 Å². The van der Waals surface area contributed by atoms with Gasteiger partial charge in [0.25, 0.3) is 0 Å². The summed E-state index contributed by atoms with van der Waals surface area (Å²) in [5.41, 5.74) is 0.202. The van der Waals surface area contributed by atoms with Crippen LogP contribution < -0.4 is 15.4 Å². The van der Waals surface area contributed by atoms with Crippen molar-refractivity contribution < 1.29 is 29.3 Å². The molecule has 0 aromatic heterocycles. The molecule has 114 valence electrons. The molecule has 0 saturated carbocycles. The van der Waals surface area contributed by atoms with E-state index in [0.29, 0.717) is 5.75 Å². The zero-order valence-corrected chi connectivity index (χ0v) is 11.7. The summed E-state index contributed by atoms with van der Waals surface area (Å²) in [7, 11) is 1.43. The SMILES string of the molecule is COc1ccc(Cl)c(NC(=O)NC(CC(=O)O)C(=O)O)c1. The number of amides is 2. The Labute approximate surface area is 124 Å². The van der Waals surface area contributed by atoms with Crippen LogP contribution in [0.5, 0.6) is 5.75 Å². The van der Waals surface area contributed by atoms with Gasteiger partial charge in [0.05, 0.1) is 24.2 Å². The predicted molar refractivity (Wildman–Crippen MR) is 73.8 cm³/mol. The minimum atomic E-state index is -1.55. The summed E-state index contributed by atoms with van der Waals surface area (Å²) in [6.45, 7) is 0. The fourth-order valence-corrected chi connectivity index (χ4v) is 1.58. The summed E-state index contributed by atoms with van der Waals surface area (Å²) in [4.78, 5) is 33.0. The Hall–Kier alpha value is -2.48. The maximum absolute atomic E-state index is 11.7. The van der Waals surface area contributed by atoms with Crippen molar-refractivity contribution in [2.24, 2.45) is 0 Å². The number of hydrogen-bond donors (Lipinski definition) is 4. The molecule has 0 spiro atoms. The van der Waals surface area contributed by atoms with E-state index in [0.717, 1.165) is 0 Å². The maximum Gasteiger partial charge on any atom is 0.326 e. The van der Waals surface area contributed by atoms with Gasteiger partial charge in [-0.3, -0.25) is 4.79 Å². The molecule has 1 aromatic rings. The molecule has 21 heavy (non-hydrogen) atoms. The Morgan fingerprint density at radius 1 is 1.33 bits per heavy atom. The molecule has 0 saturated heterocycles. The summed E-state index contributed by atoms with van der Waals surface area (Å²) >= 11 is 5.87. The van der Waals surface area contributed by atoms with Crippen LogP contribution in [0.15, 0.2) is 18.2 Å². The Morgan fingerprint density at radius 2 is 2.00 bits per heavy atom. The highest BCUT2D eigenvalue weighted by Crippen LogP contribution is 2.26. The minimum absolute atomic E-state index is 0.202. The van der Waals surface area contributed by atoms with Crippen molar-refractivity contribution in [1.82, 2.24) is 5.32 Å². The molecule has 0 fully saturated rings. The van der Waals surface area contributed by atoms with Crippen LogP contribution >= 0.6 is 11.6 Å². The number of carboxylic acid groups (broad SMARTS) is 2. The molecule has 2 amide bonds. The monoisotopic (exact) mass is 316 g/mol. The fourth-order valence-electron chi connectivity index (χ4n) is 1.42. The number of carboxylic acids is 2. The van der Waals surface area contributed by atoms with E-state index in [-0.39, 0.29) is 10.7 Å². The summed E-state index contributed by atoms with van der Waals surface area (Å²) < 4.78 is 4.96. The highest BCUT2D eigenvalue weighted by Gasteiger charge is 2.23. The van der Waals surface area contributed by atoms with Crippen LogP contribution in [0.25, 0.3) is 0 Å². The van der Waals surface area contributed by atoms with Crippen molar-refractivity contribution in [1.29, 1.82) is 0 Å². The van der Waals surface area contributed by atoms with E-state index in [1.165, 1.54) is 19.2 Å². The van der Waals surface area contributed by atoms with Crippen molar-refractivity contribution in [3.05, 3.63) is 23.2 Å². The Balaban J connectivity index is 2.76. The molecule has 0 heterocycles. The number of methoxy groups -OCH3 is 1. The first-order chi connectivity index (χ1) is 9.83. The number of urea groups is 1. The molecular weight excluding hydrogens is 304 g/mol. The van der Waals surface area contributed by atoms with Gasteiger partial charge in [0.1, 0.15) is 11.8 Å². The Kier molecular flexibility index (Phi) is 5.79. The minimum Gasteiger partial charge on any atom is -0.497 e. The lowest BCUT2D eigenvalue weighted by molar-refractivity contribution is -0.145. The number of aliphatic carboxylic acids is 2. The van der Waals surface area contributed by atoms with Gasteiger partial charge in [0, 0.05) is 6.07 Å². The molecule has 1 aromatic carbocycles. The van der Waals surface area contributed by atoms with Gasteiger partial charge >= 0.3 is 18.0 Å². The number of hydrogen-bond acceptors (Lipinski definition) is 4. The molecule has 0 aliphatic carbocycles. The summed E-state index contributed by atoms with van der Waals surface area (Å²) in [6.07, 6.45) is -0.741. The molecule has 9 heteroatoms. The molecule has 1 atom stereocenters. The van der Waals surface area contributed by atoms with Crippen molar-refractivity contribution in [2.75, 3.05) is 12.4 Å². The van der Waals surface area contributed by atoms with Gasteiger partial charge in [0.15, 0.2) is 0 Å². The zero-order chi connectivity index (χ0) is 16.0. The molecule has 0 bridgehead atoms. The molecule has 8 nitrogen and oxygen atoms in total. The molecule has 4 N–H and O–H groups in total. The van der Waals surface area contributed by atoms with E-state index in [1.54, 1.807) is 6.07 Å². The van der Waals surface area contributed by atoms with Crippen molar-refractivity contribution in [3.8, 4) is 5.75 Å². The van der Waals surface area contributed by atoms with Crippen molar-refractivity contribution >= 4 is 35.3 Å². The molecular formula is C12H13ClN2O6. The van der Waals surface area contributed by atoms with Crippen LogP contribution in [0.1, 0.15) is 6.42 Å². The number of carbonyl (C=O) groups is 3. The predicted octanol–water partition coefficient (Wildman–Crippen LogP) is 1.40. The van der Waals surface area contributed by atoms with Gasteiger partial charge in [-0.1, -0.05) is 11.6 Å². The van der Waals surface area contributed by atoms with Crippen LogP contribution in [0.2, 0.25) is 5.02 Å². The van der Waals surface area contributed by atoms with Gasteiger partial charge in [-0.25, -0.2) is 9.59 Å². The van der Waals surface area contributed by atoms with Gasteiger partial charge in [-0.05, 0) is 12.1 Å². The lowest BCUT2D eigenvalue weighted by Gasteiger charge is -2.14. The number of rotatable bonds is 6. The largest absolute Gasteiger partial charge is 0.497 e. The second kappa shape index (κ2) is 7.34. The van der Waals surface area contributed by atoms with E-state index in [1.807, 2.05) is 5.32 Å². The number of carbonyl (C=O) groups excluding carboxylic acids is 1. The van der Waals surface area contributed by atoms with Crippen LogP contribution in [0.3, 0.4) is 0 Å². The molecule has 1 rings (SSSR count). The van der Waals surface area contributed by atoms with Gasteiger partial charge < -0.3 is 25.6 Å². The lowest BCUT2D eigenvalue weighted by Crippen LogP contribution is -2.44. The number of halogens is 1. The topological polar surface area (TPSA) is 125 Å². The first-order valence-electron chi connectivity index (χ1n) is 5.69. The second-order valence-corrected chi connectivity index (χ2v) is 4.34. The van der Waals surface area contributed by atoms with E-state index in [2.05, 4.69) is 5.32 Å². The van der Waals surface area contributed by atoms with Crippen LogP contribution in [0.4, 0.5) is 10.5 Å². The summed E-state index contributed by atoms with van der Waals surface area (Å²) in [5, 5.41) is 22.0. The normalized spacial score (nSPS) is 11.3. The highest BCUT2D eigenvalue weighted by molar-refractivity contribution is 6.33. The van der Waals surface area contributed by atoms with E-state index < -0.39 is 30.4 Å².